The molecule has 3 heterocycles. The van der Waals surface area contributed by atoms with Crippen molar-refractivity contribution in [3.8, 4) is 0 Å². The average Bonchev–Trinajstić information content (AvgIpc) is 2.90. The zero-order valence-corrected chi connectivity index (χ0v) is 14.4. The zero-order valence-electron chi connectivity index (χ0n) is 13.6. The summed E-state index contributed by atoms with van der Waals surface area (Å²) in [6.07, 6.45) is 4.53. The molecule has 7 heteroatoms. The first-order chi connectivity index (χ1) is 11.6. The lowest BCUT2D eigenvalue weighted by Gasteiger charge is -2.05. The van der Waals surface area contributed by atoms with Crippen LogP contribution in [0, 0.1) is 13.8 Å². The van der Waals surface area contributed by atoms with Crippen LogP contribution in [0.25, 0.3) is 5.65 Å². The first kappa shape index (κ1) is 16.3. The van der Waals surface area contributed by atoms with Crippen LogP contribution in [0.2, 0.25) is 0 Å². The third kappa shape index (κ3) is 3.35. The van der Waals surface area contributed by atoms with Crippen molar-refractivity contribution in [2.45, 2.75) is 26.7 Å². The van der Waals surface area contributed by atoms with Crippen molar-refractivity contribution in [3.05, 3.63) is 62.1 Å². The highest BCUT2D eigenvalue weighted by Gasteiger charge is 2.12. The van der Waals surface area contributed by atoms with Crippen LogP contribution in [0.5, 0.6) is 0 Å². The molecule has 0 bridgehead atoms. The zero-order chi connectivity index (χ0) is 17.1. The van der Waals surface area contributed by atoms with Crippen LogP contribution >= 0.6 is 11.3 Å². The van der Waals surface area contributed by atoms with Crippen LogP contribution < -0.4 is 10.9 Å². The second kappa shape index (κ2) is 6.92. The summed E-state index contributed by atoms with van der Waals surface area (Å²) in [5.41, 5.74) is 1.28. The number of carbonyl (C=O) groups is 1. The molecule has 0 aliphatic carbocycles. The summed E-state index contributed by atoms with van der Waals surface area (Å²) in [4.78, 5) is 34.4. The van der Waals surface area contributed by atoms with E-state index in [9.17, 15) is 9.59 Å². The number of hydrogen-bond acceptors (Lipinski definition) is 5. The van der Waals surface area contributed by atoms with Crippen LogP contribution in [0.3, 0.4) is 0 Å². The predicted molar refractivity (Wildman–Crippen MR) is 93.7 cm³/mol. The number of rotatable bonds is 5. The van der Waals surface area contributed by atoms with Crippen molar-refractivity contribution in [1.29, 1.82) is 0 Å². The number of fused-ring (bicyclic) bond motifs is 1. The van der Waals surface area contributed by atoms with E-state index in [1.54, 1.807) is 35.7 Å². The fourth-order valence-corrected chi connectivity index (χ4v) is 3.34. The van der Waals surface area contributed by atoms with Gasteiger partial charge >= 0.3 is 0 Å². The average molecular weight is 342 g/mol. The summed E-state index contributed by atoms with van der Waals surface area (Å²) in [7, 11) is 0. The van der Waals surface area contributed by atoms with Crippen LogP contribution in [-0.4, -0.2) is 26.8 Å². The lowest BCUT2D eigenvalue weighted by atomic mass is 10.2. The minimum atomic E-state index is -0.391. The Morgan fingerprint density at radius 2 is 2.17 bits per heavy atom. The molecule has 0 radical (unpaired) electrons. The summed E-state index contributed by atoms with van der Waals surface area (Å²) in [6.45, 7) is 4.54. The molecule has 0 fully saturated rings. The van der Waals surface area contributed by atoms with Gasteiger partial charge in [0.25, 0.3) is 11.5 Å². The SMILES string of the molecule is Cc1nc(CCCNC(=O)c2cnc3ccccn3c2=O)sc1C. The standard InChI is InChI=1S/C17H18N4O2S/c1-11-12(2)24-15(20-11)7-5-8-18-16(22)13-10-19-14-6-3-4-9-21(14)17(13)23/h3-4,6,9-10H,5,7-8H2,1-2H3,(H,18,22). The fraction of sp³-hybridized carbons (Fsp3) is 0.294. The lowest BCUT2D eigenvalue weighted by Crippen LogP contribution is -2.32. The molecule has 6 nitrogen and oxygen atoms in total. The molecule has 24 heavy (non-hydrogen) atoms. The maximum absolute atomic E-state index is 12.3. The highest BCUT2D eigenvalue weighted by molar-refractivity contribution is 7.11. The lowest BCUT2D eigenvalue weighted by molar-refractivity contribution is 0.0951. The number of amides is 1. The van der Waals surface area contributed by atoms with Crippen molar-refractivity contribution >= 4 is 22.9 Å². The van der Waals surface area contributed by atoms with Gasteiger partial charge in [-0.25, -0.2) is 9.97 Å². The fourth-order valence-electron chi connectivity index (χ4n) is 2.37. The van der Waals surface area contributed by atoms with Crippen molar-refractivity contribution in [2.75, 3.05) is 6.54 Å². The van der Waals surface area contributed by atoms with Crippen molar-refractivity contribution < 1.29 is 4.79 Å². The van der Waals surface area contributed by atoms with Gasteiger partial charge in [0.2, 0.25) is 0 Å². The number of carbonyl (C=O) groups excluding carboxylic acids is 1. The number of aromatic nitrogens is 3. The largest absolute Gasteiger partial charge is 0.352 e. The number of pyridine rings is 1. The third-order valence-corrected chi connectivity index (χ3v) is 4.92. The monoisotopic (exact) mass is 342 g/mol. The van der Waals surface area contributed by atoms with Gasteiger partial charge in [-0.15, -0.1) is 11.3 Å². The van der Waals surface area contributed by atoms with E-state index in [1.165, 1.54) is 15.5 Å². The predicted octanol–water partition coefficient (Wildman–Crippen LogP) is 2.13. The van der Waals surface area contributed by atoms with Gasteiger partial charge in [0, 0.05) is 30.2 Å². The Hall–Kier alpha value is -2.54. The van der Waals surface area contributed by atoms with Crippen molar-refractivity contribution in [2.24, 2.45) is 0 Å². The van der Waals surface area contributed by atoms with Crippen LogP contribution in [0.15, 0.2) is 35.4 Å². The first-order valence-electron chi connectivity index (χ1n) is 7.74. The number of aryl methyl sites for hydroxylation is 3. The van der Waals surface area contributed by atoms with Gasteiger partial charge in [-0.1, -0.05) is 6.07 Å². The van der Waals surface area contributed by atoms with E-state index in [0.717, 1.165) is 23.5 Å². The quantitative estimate of drug-likeness (QED) is 0.721. The summed E-state index contributed by atoms with van der Waals surface area (Å²) in [5, 5.41) is 3.86. The van der Waals surface area contributed by atoms with Gasteiger partial charge in [-0.3, -0.25) is 14.0 Å². The molecule has 3 aromatic heterocycles. The summed E-state index contributed by atoms with van der Waals surface area (Å²) in [6, 6.07) is 5.25. The molecule has 0 saturated heterocycles. The normalized spacial score (nSPS) is 10.9. The van der Waals surface area contributed by atoms with E-state index in [2.05, 4.69) is 22.2 Å². The molecule has 0 atom stereocenters. The van der Waals surface area contributed by atoms with E-state index < -0.39 is 5.91 Å². The van der Waals surface area contributed by atoms with E-state index in [-0.39, 0.29) is 11.1 Å². The van der Waals surface area contributed by atoms with Gasteiger partial charge in [0.05, 0.1) is 10.7 Å². The minimum Gasteiger partial charge on any atom is -0.352 e. The van der Waals surface area contributed by atoms with Gasteiger partial charge in [-0.2, -0.15) is 0 Å². The Labute approximate surface area is 143 Å². The van der Waals surface area contributed by atoms with Gasteiger partial charge in [0.15, 0.2) is 0 Å². The molecule has 0 saturated carbocycles. The first-order valence-corrected chi connectivity index (χ1v) is 8.55. The minimum absolute atomic E-state index is 0.0552. The van der Waals surface area contributed by atoms with Crippen LogP contribution in [-0.2, 0) is 6.42 Å². The number of nitrogens with one attached hydrogen (secondary N) is 1. The van der Waals surface area contributed by atoms with Crippen LogP contribution in [0.4, 0.5) is 0 Å². The maximum Gasteiger partial charge on any atom is 0.270 e. The molecular formula is C17H18N4O2S. The van der Waals surface area contributed by atoms with Gasteiger partial charge in [0.1, 0.15) is 11.2 Å². The molecule has 0 unspecified atom stereocenters. The molecule has 0 spiro atoms. The molecule has 0 aliphatic heterocycles. The molecular weight excluding hydrogens is 324 g/mol. The van der Waals surface area contributed by atoms with Crippen molar-refractivity contribution in [3.63, 3.8) is 0 Å². The highest BCUT2D eigenvalue weighted by Crippen LogP contribution is 2.17. The molecule has 1 N–H and O–H groups in total. The topological polar surface area (TPSA) is 76.4 Å². The molecule has 3 rings (SSSR count). The molecule has 0 aliphatic rings. The van der Waals surface area contributed by atoms with E-state index >= 15 is 0 Å². The Kier molecular flexibility index (Phi) is 4.71. The summed E-state index contributed by atoms with van der Waals surface area (Å²) < 4.78 is 1.37. The Morgan fingerprint density at radius 3 is 2.92 bits per heavy atom. The van der Waals surface area contributed by atoms with Gasteiger partial charge in [-0.05, 0) is 32.4 Å². The van der Waals surface area contributed by atoms with E-state index in [1.807, 2.05) is 6.92 Å². The second-order valence-electron chi connectivity index (χ2n) is 5.51. The summed E-state index contributed by atoms with van der Waals surface area (Å²) in [5.74, 6) is -0.391. The van der Waals surface area contributed by atoms with Crippen molar-refractivity contribution in [1.82, 2.24) is 19.7 Å². The number of nitrogens with zero attached hydrogens (tertiary/aromatic N) is 3. The van der Waals surface area contributed by atoms with Gasteiger partial charge < -0.3 is 5.32 Å². The maximum atomic E-state index is 12.3. The Balaban J connectivity index is 1.61. The number of thiazole rings is 1. The smallest absolute Gasteiger partial charge is 0.270 e. The van der Waals surface area contributed by atoms with Crippen LogP contribution in [0.1, 0.15) is 32.4 Å². The molecule has 1 amide bonds. The highest BCUT2D eigenvalue weighted by atomic mass is 32.1. The Morgan fingerprint density at radius 1 is 1.33 bits per heavy atom. The van der Waals surface area contributed by atoms with E-state index in [0.29, 0.717) is 12.2 Å². The van der Waals surface area contributed by atoms with E-state index in [4.69, 9.17) is 0 Å². The molecule has 0 aromatic carbocycles. The Bertz CT molecular complexity index is 926. The molecule has 124 valence electrons. The molecule has 3 aromatic rings. The number of hydrogen-bond donors (Lipinski definition) is 1. The second-order valence-corrected chi connectivity index (χ2v) is 6.80. The summed E-state index contributed by atoms with van der Waals surface area (Å²) >= 11 is 1.69. The third-order valence-electron chi connectivity index (χ3n) is 3.78.